The fourth-order valence-electron chi connectivity index (χ4n) is 4.26. The van der Waals surface area contributed by atoms with Crippen LogP contribution in [0, 0.1) is 34.1 Å². The van der Waals surface area contributed by atoms with Crippen LogP contribution in [0.2, 0.25) is 0 Å². The summed E-state index contributed by atoms with van der Waals surface area (Å²) in [7, 11) is -7.74. The van der Waals surface area contributed by atoms with E-state index in [1.807, 2.05) is 13.8 Å². The monoisotopic (exact) mass is 689 g/mol. The molecule has 0 fully saturated rings. The molecular weight excluding hydrogens is 654 g/mol. The number of sulfone groups is 2. The fourth-order valence-corrected chi connectivity index (χ4v) is 7.95. The van der Waals surface area contributed by atoms with E-state index < -0.39 is 73.4 Å². The van der Waals surface area contributed by atoms with E-state index in [-0.39, 0.29) is 21.6 Å². The minimum absolute atomic E-state index is 0.0644. The SMILES string of the molecule is CCCC(C)S(=O)(=O)c1cc(C)c(C(=O)Cl)cc1[N+](=O)[O-].CCCC(C)S(=O)(=O)c1cc(C)c(C(=O)N=C(N)N)cc1[N+](=O)[O-]. The molecule has 4 N–H and O–H groups in total. The lowest BCUT2D eigenvalue weighted by molar-refractivity contribution is -0.388. The Kier molecular flexibility index (Phi) is 13.8. The van der Waals surface area contributed by atoms with Gasteiger partial charge in [0.05, 0.1) is 25.9 Å². The van der Waals surface area contributed by atoms with Crippen molar-refractivity contribution in [3.8, 4) is 0 Å². The molecule has 0 aliphatic rings. The minimum Gasteiger partial charge on any atom is -0.370 e. The van der Waals surface area contributed by atoms with Gasteiger partial charge in [-0.15, -0.1) is 0 Å². The van der Waals surface area contributed by atoms with Crippen molar-refractivity contribution in [1.29, 1.82) is 0 Å². The Morgan fingerprint density at radius 2 is 1.16 bits per heavy atom. The molecular formula is C27H36ClN5O10S2. The molecule has 0 saturated heterocycles. The van der Waals surface area contributed by atoms with Gasteiger partial charge in [-0.1, -0.05) is 26.7 Å². The molecule has 0 aromatic heterocycles. The van der Waals surface area contributed by atoms with Crippen LogP contribution < -0.4 is 11.5 Å². The Balaban J connectivity index is 0.000000454. The van der Waals surface area contributed by atoms with Gasteiger partial charge in [0, 0.05) is 17.7 Å². The summed E-state index contributed by atoms with van der Waals surface area (Å²) >= 11 is 5.35. The first kappa shape index (κ1) is 39.1. The van der Waals surface area contributed by atoms with E-state index >= 15 is 0 Å². The Bertz CT molecular complexity index is 1740. The van der Waals surface area contributed by atoms with Crippen LogP contribution in [-0.2, 0) is 19.7 Å². The second-order valence-corrected chi connectivity index (χ2v) is 15.2. The van der Waals surface area contributed by atoms with Gasteiger partial charge in [-0.2, -0.15) is 4.99 Å². The molecule has 2 atom stereocenters. The molecule has 1 amide bonds. The number of aryl methyl sites for hydroxylation is 2. The maximum absolute atomic E-state index is 12.6. The smallest absolute Gasteiger partial charge is 0.288 e. The number of benzene rings is 2. The first-order chi connectivity index (χ1) is 20.6. The van der Waals surface area contributed by atoms with E-state index in [1.165, 1.54) is 27.7 Å². The van der Waals surface area contributed by atoms with Crippen molar-refractivity contribution < 1.29 is 36.3 Å². The molecule has 2 aromatic carbocycles. The van der Waals surface area contributed by atoms with Crippen LogP contribution in [0.4, 0.5) is 11.4 Å². The zero-order valence-corrected chi connectivity index (χ0v) is 28.0. The predicted octanol–water partition coefficient (Wildman–Crippen LogP) is 4.52. The number of carbonyl (C=O) groups is 2. The van der Waals surface area contributed by atoms with E-state index in [0.717, 1.165) is 24.3 Å². The molecule has 0 aliphatic carbocycles. The molecule has 0 spiro atoms. The Hall–Kier alpha value is -3.96. The summed E-state index contributed by atoms with van der Waals surface area (Å²) in [5.41, 5.74) is 9.31. The third-order valence-electron chi connectivity index (χ3n) is 6.74. The fraction of sp³-hybridized carbons (Fsp3) is 0.444. The summed E-state index contributed by atoms with van der Waals surface area (Å²) in [6, 6.07) is 4.09. The van der Waals surface area contributed by atoms with E-state index in [0.29, 0.717) is 31.2 Å². The van der Waals surface area contributed by atoms with E-state index in [9.17, 15) is 46.7 Å². The van der Waals surface area contributed by atoms with Gasteiger partial charge in [0.1, 0.15) is 9.79 Å². The average Bonchev–Trinajstić information content (AvgIpc) is 2.92. The van der Waals surface area contributed by atoms with Crippen molar-refractivity contribution >= 4 is 59.8 Å². The number of aliphatic imine (C=N–C) groups is 1. The number of nitro groups is 2. The maximum atomic E-state index is 12.6. The van der Waals surface area contributed by atoms with Crippen LogP contribution in [0.3, 0.4) is 0 Å². The predicted molar refractivity (Wildman–Crippen MR) is 169 cm³/mol. The first-order valence-electron chi connectivity index (χ1n) is 13.5. The van der Waals surface area contributed by atoms with Crippen molar-refractivity contribution in [3.05, 3.63) is 66.7 Å². The van der Waals surface area contributed by atoms with Crippen LogP contribution >= 0.6 is 11.6 Å². The number of hydrogen-bond donors (Lipinski definition) is 2. The molecule has 45 heavy (non-hydrogen) atoms. The van der Waals surface area contributed by atoms with Crippen molar-refractivity contribution in [3.63, 3.8) is 0 Å². The molecule has 2 rings (SSSR count). The lowest BCUT2D eigenvalue weighted by Gasteiger charge is -2.13. The highest BCUT2D eigenvalue weighted by Crippen LogP contribution is 2.33. The molecule has 0 radical (unpaired) electrons. The summed E-state index contributed by atoms with van der Waals surface area (Å²) in [6.07, 6.45) is 2.03. The maximum Gasteiger partial charge on any atom is 0.288 e. The third kappa shape index (κ3) is 9.51. The van der Waals surface area contributed by atoms with Gasteiger partial charge < -0.3 is 11.5 Å². The number of nitro benzene ring substituents is 2. The highest BCUT2D eigenvalue weighted by molar-refractivity contribution is 7.92. The van der Waals surface area contributed by atoms with Gasteiger partial charge in [-0.25, -0.2) is 16.8 Å². The topological polar surface area (TPSA) is 253 Å². The number of hydrogen-bond acceptors (Lipinski definition) is 10. The highest BCUT2D eigenvalue weighted by atomic mass is 35.5. The van der Waals surface area contributed by atoms with Crippen LogP contribution in [0.1, 0.15) is 85.2 Å². The molecule has 0 heterocycles. The molecule has 0 bridgehead atoms. The minimum atomic E-state index is -3.90. The second kappa shape index (κ2) is 15.9. The number of amides is 1. The zero-order chi connectivity index (χ0) is 35.0. The second-order valence-electron chi connectivity index (χ2n) is 10.2. The first-order valence-corrected chi connectivity index (χ1v) is 17.0. The number of guanidine groups is 1. The van der Waals surface area contributed by atoms with Crippen molar-refractivity contribution in [2.45, 2.75) is 87.5 Å². The molecule has 2 aromatic rings. The van der Waals surface area contributed by atoms with Crippen LogP contribution in [0.25, 0.3) is 0 Å². The van der Waals surface area contributed by atoms with E-state index in [2.05, 4.69) is 4.99 Å². The Morgan fingerprint density at radius 1 is 0.800 bits per heavy atom. The van der Waals surface area contributed by atoms with Crippen molar-refractivity contribution in [1.82, 2.24) is 0 Å². The number of halogens is 1. The number of nitrogens with two attached hydrogens (primary N) is 2. The van der Waals surface area contributed by atoms with Crippen LogP contribution in [0.5, 0.6) is 0 Å². The molecule has 0 aliphatic heterocycles. The van der Waals surface area contributed by atoms with Crippen LogP contribution in [-0.4, -0.2) is 54.3 Å². The normalized spacial score (nSPS) is 12.7. The highest BCUT2D eigenvalue weighted by Gasteiger charge is 2.33. The zero-order valence-electron chi connectivity index (χ0n) is 25.6. The number of carbonyl (C=O) groups excluding carboxylic acids is 2. The van der Waals surface area contributed by atoms with E-state index in [1.54, 1.807) is 0 Å². The molecule has 248 valence electrons. The molecule has 15 nitrogen and oxygen atoms in total. The van der Waals surface area contributed by atoms with Gasteiger partial charge in [-0.3, -0.25) is 29.8 Å². The van der Waals surface area contributed by atoms with E-state index in [4.69, 9.17) is 23.1 Å². The van der Waals surface area contributed by atoms with Gasteiger partial charge in [0.25, 0.3) is 22.5 Å². The van der Waals surface area contributed by atoms with Gasteiger partial charge in [0.2, 0.25) is 0 Å². The quantitative estimate of drug-likeness (QED) is 0.102. The molecule has 2 unspecified atom stereocenters. The lowest BCUT2D eigenvalue weighted by atomic mass is 10.1. The number of rotatable bonds is 12. The summed E-state index contributed by atoms with van der Waals surface area (Å²) in [4.78, 5) is 46.5. The molecule has 0 saturated carbocycles. The summed E-state index contributed by atoms with van der Waals surface area (Å²) in [6.45, 7) is 9.62. The van der Waals surface area contributed by atoms with Crippen LogP contribution in [0.15, 0.2) is 39.0 Å². The average molecular weight is 690 g/mol. The lowest BCUT2D eigenvalue weighted by Crippen LogP contribution is -2.24. The Morgan fingerprint density at radius 3 is 1.47 bits per heavy atom. The van der Waals surface area contributed by atoms with Gasteiger partial charge >= 0.3 is 0 Å². The summed E-state index contributed by atoms with van der Waals surface area (Å²) in [5.74, 6) is -1.36. The van der Waals surface area contributed by atoms with Crippen molar-refractivity contribution in [2.24, 2.45) is 16.5 Å². The third-order valence-corrected chi connectivity index (χ3v) is 11.4. The van der Waals surface area contributed by atoms with Crippen molar-refractivity contribution in [2.75, 3.05) is 0 Å². The molecule has 18 heteroatoms. The van der Waals surface area contributed by atoms with Gasteiger partial charge in [0.15, 0.2) is 25.6 Å². The van der Waals surface area contributed by atoms with Gasteiger partial charge in [-0.05, 0) is 75.4 Å². The standard InChI is InChI=1S/C14H20N4O5S.C13H16ClNO5S/c1-4-5-9(3)24(22,23)12-6-8(2)10(7-11(12)18(20)21)13(19)17-14(15)16;1-4-5-9(3)21(19,20)12-6-8(2)10(13(14)16)7-11(12)15(17)18/h6-7,9H,4-5H2,1-3H3,(H4,15,16,17,19);6-7,9H,4-5H2,1-3H3. The Labute approximate surface area is 266 Å². The summed E-state index contributed by atoms with van der Waals surface area (Å²) < 4.78 is 50.1. The largest absolute Gasteiger partial charge is 0.370 e. The number of nitrogens with zero attached hydrogens (tertiary/aromatic N) is 3. The summed E-state index contributed by atoms with van der Waals surface area (Å²) in [5, 5.41) is 20.0.